The SMILES string of the molecule is C(#C[n+]1ccccc1)Cc1ccccc1. The van der Waals surface area contributed by atoms with Gasteiger partial charge >= 0.3 is 0 Å². The molecule has 0 aliphatic heterocycles. The lowest BCUT2D eigenvalue weighted by Gasteiger charge is -1.89. The maximum atomic E-state index is 3.13. The van der Waals surface area contributed by atoms with E-state index in [4.69, 9.17) is 0 Å². The van der Waals surface area contributed by atoms with Crippen LogP contribution in [0.2, 0.25) is 0 Å². The smallest absolute Gasteiger partial charge is 0.119 e. The molecule has 0 unspecified atom stereocenters. The molecule has 1 heterocycles. The Kier molecular flexibility index (Phi) is 3.14. The van der Waals surface area contributed by atoms with Crippen molar-refractivity contribution in [3.63, 3.8) is 0 Å². The van der Waals surface area contributed by atoms with Crippen LogP contribution in [-0.4, -0.2) is 0 Å². The zero-order valence-electron chi connectivity index (χ0n) is 8.43. The van der Waals surface area contributed by atoms with Gasteiger partial charge in [0.05, 0.1) is 0 Å². The van der Waals surface area contributed by atoms with Gasteiger partial charge in [-0.25, -0.2) is 0 Å². The highest BCUT2D eigenvalue weighted by Crippen LogP contribution is 1.97. The van der Waals surface area contributed by atoms with E-state index in [1.54, 1.807) is 0 Å². The molecule has 72 valence electrons. The lowest BCUT2D eigenvalue weighted by Crippen LogP contribution is -2.25. The molecule has 0 bridgehead atoms. The van der Waals surface area contributed by atoms with Crippen LogP contribution >= 0.6 is 0 Å². The molecule has 2 rings (SSSR count). The number of hydrogen-bond acceptors (Lipinski definition) is 0. The van der Waals surface area contributed by atoms with Gasteiger partial charge in [-0.15, -0.1) is 4.57 Å². The zero-order valence-corrected chi connectivity index (χ0v) is 8.43. The second-order valence-corrected chi connectivity index (χ2v) is 3.23. The summed E-state index contributed by atoms with van der Waals surface area (Å²) in [6.45, 7) is 0. The first-order valence-corrected chi connectivity index (χ1v) is 4.94. The summed E-state index contributed by atoms with van der Waals surface area (Å²) in [7, 11) is 0. The second-order valence-electron chi connectivity index (χ2n) is 3.23. The first kappa shape index (κ1) is 9.48. The molecular formula is C14H12N+. The van der Waals surface area contributed by atoms with Crippen molar-refractivity contribution in [2.24, 2.45) is 0 Å². The predicted molar refractivity (Wildman–Crippen MR) is 60.0 cm³/mol. The Hall–Kier alpha value is -2.07. The minimum Gasteiger partial charge on any atom is -0.119 e. The van der Waals surface area contributed by atoms with E-state index in [1.807, 2.05) is 53.4 Å². The molecule has 15 heavy (non-hydrogen) atoms. The van der Waals surface area contributed by atoms with Crippen LogP contribution in [0.5, 0.6) is 0 Å². The molecule has 1 aromatic carbocycles. The summed E-state index contributed by atoms with van der Waals surface area (Å²) in [6, 6.07) is 19.2. The number of pyridine rings is 1. The van der Waals surface area contributed by atoms with Gasteiger partial charge in [0.2, 0.25) is 6.04 Å². The molecule has 0 amide bonds. The molecule has 0 spiro atoms. The highest BCUT2D eigenvalue weighted by molar-refractivity contribution is 5.19. The van der Waals surface area contributed by atoms with Crippen molar-refractivity contribution in [3.8, 4) is 12.0 Å². The van der Waals surface area contributed by atoms with Gasteiger partial charge in [0.1, 0.15) is 0 Å². The predicted octanol–water partition coefficient (Wildman–Crippen LogP) is 2.03. The Morgan fingerprint density at radius 1 is 0.867 bits per heavy atom. The molecule has 0 fully saturated rings. The third-order valence-corrected chi connectivity index (χ3v) is 2.06. The molecule has 1 nitrogen and oxygen atoms in total. The van der Waals surface area contributed by atoms with Crippen LogP contribution in [0.4, 0.5) is 0 Å². The first-order chi connectivity index (χ1) is 7.45. The quantitative estimate of drug-likeness (QED) is 0.483. The van der Waals surface area contributed by atoms with Crippen molar-refractivity contribution >= 4 is 0 Å². The normalized spacial score (nSPS) is 9.07. The highest BCUT2D eigenvalue weighted by Gasteiger charge is 1.90. The molecule has 0 aliphatic carbocycles. The minimum atomic E-state index is 0.794. The van der Waals surface area contributed by atoms with Crippen molar-refractivity contribution < 1.29 is 4.57 Å². The van der Waals surface area contributed by atoms with Crippen LogP contribution in [0.25, 0.3) is 0 Å². The van der Waals surface area contributed by atoms with Crippen LogP contribution < -0.4 is 4.57 Å². The first-order valence-electron chi connectivity index (χ1n) is 4.94. The lowest BCUT2D eigenvalue weighted by atomic mass is 10.2. The van der Waals surface area contributed by atoms with E-state index < -0.39 is 0 Å². The Labute approximate surface area is 90.0 Å². The van der Waals surface area contributed by atoms with Crippen molar-refractivity contribution in [1.29, 1.82) is 0 Å². The van der Waals surface area contributed by atoms with Crippen molar-refractivity contribution in [1.82, 2.24) is 0 Å². The van der Waals surface area contributed by atoms with Gasteiger partial charge in [-0.05, 0) is 11.5 Å². The topological polar surface area (TPSA) is 3.88 Å². The highest BCUT2D eigenvalue weighted by atomic mass is 14.9. The molecular weight excluding hydrogens is 182 g/mol. The fourth-order valence-corrected chi connectivity index (χ4v) is 1.30. The fraction of sp³-hybridized carbons (Fsp3) is 0.0714. The van der Waals surface area contributed by atoms with Gasteiger partial charge in [-0.1, -0.05) is 36.4 Å². The van der Waals surface area contributed by atoms with Crippen LogP contribution in [0.15, 0.2) is 60.9 Å². The molecule has 1 aromatic heterocycles. The van der Waals surface area contributed by atoms with Crippen LogP contribution in [0.1, 0.15) is 5.56 Å². The Balaban J connectivity index is 2.03. The monoisotopic (exact) mass is 194 g/mol. The molecule has 0 radical (unpaired) electrons. The Morgan fingerprint density at radius 2 is 1.53 bits per heavy atom. The second kappa shape index (κ2) is 4.97. The maximum absolute atomic E-state index is 3.13. The van der Waals surface area contributed by atoms with Gasteiger partial charge in [-0.2, -0.15) is 0 Å². The van der Waals surface area contributed by atoms with Gasteiger partial charge < -0.3 is 0 Å². The summed E-state index contributed by atoms with van der Waals surface area (Å²) in [6.07, 6.45) is 4.68. The average Bonchev–Trinajstić information content (AvgIpc) is 2.32. The Bertz CT molecular complexity index is 463. The largest absolute Gasteiger partial charge is 0.228 e. The number of rotatable bonds is 1. The number of hydrogen-bond donors (Lipinski definition) is 0. The summed E-state index contributed by atoms with van der Waals surface area (Å²) in [5.74, 6) is 3.13. The van der Waals surface area contributed by atoms with Crippen LogP contribution in [0.3, 0.4) is 0 Å². The molecule has 0 saturated carbocycles. The van der Waals surface area contributed by atoms with E-state index in [2.05, 4.69) is 24.1 Å². The molecule has 0 N–H and O–H groups in total. The van der Waals surface area contributed by atoms with E-state index >= 15 is 0 Å². The number of nitrogens with zero attached hydrogens (tertiary/aromatic N) is 1. The number of benzene rings is 1. The van der Waals surface area contributed by atoms with E-state index in [0.29, 0.717) is 0 Å². The summed E-state index contributed by atoms with van der Waals surface area (Å²) in [4.78, 5) is 0. The summed E-state index contributed by atoms with van der Waals surface area (Å²) < 4.78 is 1.86. The lowest BCUT2D eigenvalue weighted by molar-refractivity contribution is -0.583. The van der Waals surface area contributed by atoms with Gasteiger partial charge in [0.15, 0.2) is 12.4 Å². The third-order valence-electron chi connectivity index (χ3n) is 2.06. The van der Waals surface area contributed by atoms with Gasteiger partial charge in [0, 0.05) is 18.6 Å². The summed E-state index contributed by atoms with van der Waals surface area (Å²) in [5, 5.41) is 0. The molecule has 1 heteroatoms. The third kappa shape index (κ3) is 2.96. The Morgan fingerprint density at radius 3 is 2.27 bits per heavy atom. The minimum absolute atomic E-state index is 0.794. The van der Waals surface area contributed by atoms with Crippen molar-refractivity contribution in [3.05, 3.63) is 66.5 Å². The standard InChI is InChI=1S/C14H12N/c1-3-8-14(9-4-1)10-7-13-15-11-5-2-6-12-15/h1-6,8-9,11-12H,10H2/q+1. The zero-order chi connectivity index (χ0) is 10.3. The van der Waals surface area contributed by atoms with E-state index in [9.17, 15) is 0 Å². The maximum Gasteiger partial charge on any atom is 0.228 e. The van der Waals surface area contributed by atoms with Gasteiger partial charge in [0.25, 0.3) is 0 Å². The molecule has 2 aromatic rings. The van der Waals surface area contributed by atoms with E-state index in [-0.39, 0.29) is 0 Å². The van der Waals surface area contributed by atoms with Crippen LogP contribution in [0, 0.1) is 12.0 Å². The molecule has 0 atom stereocenters. The average molecular weight is 194 g/mol. The number of aromatic nitrogens is 1. The summed E-state index contributed by atoms with van der Waals surface area (Å²) in [5.41, 5.74) is 1.25. The molecule has 0 saturated heterocycles. The molecule has 0 aliphatic rings. The van der Waals surface area contributed by atoms with E-state index in [0.717, 1.165) is 6.42 Å². The van der Waals surface area contributed by atoms with Crippen molar-refractivity contribution in [2.75, 3.05) is 0 Å². The fourth-order valence-electron chi connectivity index (χ4n) is 1.30. The van der Waals surface area contributed by atoms with E-state index in [1.165, 1.54) is 5.56 Å². The van der Waals surface area contributed by atoms with Crippen molar-refractivity contribution in [2.45, 2.75) is 6.42 Å². The summed E-state index contributed by atoms with van der Waals surface area (Å²) >= 11 is 0. The van der Waals surface area contributed by atoms with Crippen LogP contribution in [-0.2, 0) is 6.42 Å². The van der Waals surface area contributed by atoms with Gasteiger partial charge in [-0.3, -0.25) is 0 Å².